The molecule has 0 saturated carbocycles. The number of nitrogens with zero attached hydrogens (tertiary/aromatic N) is 3. The second-order valence-electron chi connectivity index (χ2n) is 5.63. The number of nitrogens with one attached hydrogen (secondary N) is 1. The van der Waals surface area contributed by atoms with Crippen molar-refractivity contribution in [3.8, 4) is 0 Å². The van der Waals surface area contributed by atoms with Crippen molar-refractivity contribution in [3.05, 3.63) is 27.9 Å². The van der Waals surface area contributed by atoms with E-state index < -0.39 is 0 Å². The average molecular weight is 278 g/mol. The van der Waals surface area contributed by atoms with E-state index in [1.54, 1.807) is 19.2 Å². The number of anilines is 1. The van der Waals surface area contributed by atoms with Crippen molar-refractivity contribution in [2.75, 3.05) is 31.5 Å². The highest BCUT2D eigenvalue weighted by atomic mass is 16.6. The third-order valence-electron chi connectivity index (χ3n) is 3.59. The minimum absolute atomic E-state index is 0.0540. The largest absolute Gasteiger partial charge is 0.364 e. The van der Waals surface area contributed by atoms with E-state index in [4.69, 9.17) is 0 Å². The SMILES string of the molecule is Cc1cnc(NCC(C)CN2CCCC2)c([N+](=O)[O-])c1. The maximum absolute atomic E-state index is 11.0. The molecule has 0 amide bonds. The number of nitro groups is 1. The molecule has 6 heteroatoms. The summed E-state index contributed by atoms with van der Waals surface area (Å²) < 4.78 is 0. The van der Waals surface area contributed by atoms with E-state index in [9.17, 15) is 10.1 Å². The second-order valence-corrected chi connectivity index (χ2v) is 5.63. The highest BCUT2D eigenvalue weighted by Crippen LogP contribution is 2.22. The van der Waals surface area contributed by atoms with Crippen LogP contribution in [0.3, 0.4) is 0 Å². The number of hydrogen-bond acceptors (Lipinski definition) is 5. The van der Waals surface area contributed by atoms with Gasteiger partial charge in [-0.3, -0.25) is 10.1 Å². The first-order valence-electron chi connectivity index (χ1n) is 7.13. The van der Waals surface area contributed by atoms with Crippen molar-refractivity contribution in [3.63, 3.8) is 0 Å². The highest BCUT2D eigenvalue weighted by Gasteiger charge is 2.18. The maximum atomic E-state index is 11.0. The van der Waals surface area contributed by atoms with Crippen LogP contribution in [0.4, 0.5) is 11.5 Å². The maximum Gasteiger partial charge on any atom is 0.311 e. The van der Waals surface area contributed by atoms with Gasteiger partial charge in [-0.25, -0.2) is 4.98 Å². The summed E-state index contributed by atoms with van der Waals surface area (Å²) in [4.78, 5) is 17.2. The number of aromatic nitrogens is 1. The van der Waals surface area contributed by atoms with Crippen molar-refractivity contribution in [1.29, 1.82) is 0 Å². The molecule has 2 rings (SSSR count). The van der Waals surface area contributed by atoms with Crippen molar-refractivity contribution in [2.45, 2.75) is 26.7 Å². The van der Waals surface area contributed by atoms with Gasteiger partial charge in [0.15, 0.2) is 0 Å². The average Bonchev–Trinajstić information content (AvgIpc) is 2.90. The molecule has 0 aromatic carbocycles. The van der Waals surface area contributed by atoms with Crippen molar-refractivity contribution in [1.82, 2.24) is 9.88 Å². The van der Waals surface area contributed by atoms with Gasteiger partial charge in [-0.1, -0.05) is 6.92 Å². The molecule has 0 aliphatic carbocycles. The third kappa shape index (κ3) is 3.90. The van der Waals surface area contributed by atoms with E-state index in [1.807, 2.05) is 0 Å². The number of aryl methyl sites for hydroxylation is 1. The van der Waals surface area contributed by atoms with Gasteiger partial charge in [0, 0.05) is 25.4 Å². The van der Waals surface area contributed by atoms with Gasteiger partial charge >= 0.3 is 5.69 Å². The van der Waals surface area contributed by atoms with E-state index in [2.05, 4.69) is 22.1 Å². The molecule has 2 heterocycles. The van der Waals surface area contributed by atoms with E-state index in [-0.39, 0.29) is 10.6 Å². The molecule has 1 atom stereocenters. The summed E-state index contributed by atoms with van der Waals surface area (Å²) in [5.74, 6) is 0.810. The lowest BCUT2D eigenvalue weighted by Crippen LogP contribution is -2.29. The molecular formula is C14H22N4O2. The molecule has 20 heavy (non-hydrogen) atoms. The van der Waals surface area contributed by atoms with Crippen molar-refractivity contribution >= 4 is 11.5 Å². The van der Waals surface area contributed by atoms with Crippen LogP contribution in [0.25, 0.3) is 0 Å². The number of hydrogen-bond donors (Lipinski definition) is 1. The zero-order valence-corrected chi connectivity index (χ0v) is 12.1. The molecule has 1 saturated heterocycles. The summed E-state index contributed by atoms with van der Waals surface area (Å²) in [7, 11) is 0. The predicted molar refractivity (Wildman–Crippen MR) is 79.0 cm³/mol. The zero-order valence-electron chi connectivity index (χ0n) is 12.1. The van der Waals surface area contributed by atoms with Gasteiger partial charge in [-0.05, 0) is 44.3 Å². The summed E-state index contributed by atoms with van der Waals surface area (Å²) in [6.07, 6.45) is 4.22. The Bertz CT molecular complexity index is 472. The van der Waals surface area contributed by atoms with Crippen LogP contribution in [-0.4, -0.2) is 41.0 Å². The Morgan fingerprint density at radius 1 is 1.50 bits per heavy atom. The Labute approximate surface area is 119 Å². The molecule has 1 unspecified atom stereocenters. The fraction of sp³-hybridized carbons (Fsp3) is 0.643. The standard InChI is InChI=1S/C14H22N4O2/c1-11-7-13(18(19)20)14(15-8-11)16-9-12(2)10-17-5-3-4-6-17/h7-8,12H,3-6,9-10H2,1-2H3,(H,15,16). The molecule has 0 bridgehead atoms. The van der Waals surface area contributed by atoms with Crippen LogP contribution < -0.4 is 5.32 Å². The zero-order chi connectivity index (χ0) is 14.5. The topological polar surface area (TPSA) is 71.3 Å². The highest BCUT2D eigenvalue weighted by molar-refractivity contribution is 5.56. The molecular weight excluding hydrogens is 256 g/mol. The molecule has 6 nitrogen and oxygen atoms in total. The first-order valence-corrected chi connectivity index (χ1v) is 7.13. The molecule has 1 aromatic heterocycles. The summed E-state index contributed by atoms with van der Waals surface area (Å²) in [5.41, 5.74) is 0.853. The van der Waals surface area contributed by atoms with Crippen LogP contribution in [0.15, 0.2) is 12.3 Å². The van der Waals surface area contributed by atoms with Gasteiger partial charge in [0.25, 0.3) is 0 Å². The van der Waals surface area contributed by atoms with Crippen LogP contribution in [0.2, 0.25) is 0 Å². The van der Waals surface area contributed by atoms with Gasteiger partial charge in [0.2, 0.25) is 5.82 Å². The number of rotatable bonds is 6. The first-order chi connectivity index (χ1) is 9.56. The van der Waals surface area contributed by atoms with Gasteiger partial charge in [-0.15, -0.1) is 0 Å². The van der Waals surface area contributed by atoms with Crippen molar-refractivity contribution in [2.24, 2.45) is 5.92 Å². The third-order valence-corrected chi connectivity index (χ3v) is 3.59. The summed E-state index contributed by atoms with van der Waals surface area (Å²) >= 11 is 0. The summed E-state index contributed by atoms with van der Waals surface area (Å²) in [6.45, 7) is 8.05. The fourth-order valence-electron chi connectivity index (χ4n) is 2.57. The van der Waals surface area contributed by atoms with Gasteiger partial charge in [-0.2, -0.15) is 0 Å². The molecule has 1 aliphatic heterocycles. The Balaban J connectivity index is 1.91. The Kier molecular flexibility index (Phi) is 4.89. The minimum Gasteiger partial charge on any atom is -0.364 e. The van der Waals surface area contributed by atoms with Crippen LogP contribution in [0.5, 0.6) is 0 Å². The molecule has 1 N–H and O–H groups in total. The van der Waals surface area contributed by atoms with Gasteiger partial charge in [0.1, 0.15) is 0 Å². The second kappa shape index (κ2) is 6.65. The van der Waals surface area contributed by atoms with Crippen LogP contribution >= 0.6 is 0 Å². The molecule has 0 radical (unpaired) electrons. The van der Waals surface area contributed by atoms with Crippen LogP contribution in [-0.2, 0) is 0 Å². The minimum atomic E-state index is -0.381. The predicted octanol–water partition coefficient (Wildman–Crippen LogP) is 2.44. The van der Waals surface area contributed by atoms with E-state index in [1.165, 1.54) is 25.9 Å². The van der Waals surface area contributed by atoms with Gasteiger partial charge < -0.3 is 10.2 Å². The lowest BCUT2D eigenvalue weighted by atomic mass is 10.1. The fourth-order valence-corrected chi connectivity index (χ4v) is 2.57. The summed E-state index contributed by atoms with van der Waals surface area (Å²) in [6, 6.07) is 1.56. The molecule has 1 aliphatic rings. The lowest BCUT2D eigenvalue weighted by Gasteiger charge is -2.20. The summed E-state index contributed by atoms with van der Waals surface area (Å²) in [5, 5.41) is 14.1. The Morgan fingerprint density at radius 3 is 2.85 bits per heavy atom. The Hall–Kier alpha value is -1.69. The molecule has 1 aromatic rings. The monoisotopic (exact) mass is 278 g/mol. The smallest absolute Gasteiger partial charge is 0.311 e. The van der Waals surface area contributed by atoms with Crippen LogP contribution in [0, 0.1) is 23.0 Å². The lowest BCUT2D eigenvalue weighted by molar-refractivity contribution is -0.384. The van der Waals surface area contributed by atoms with Crippen molar-refractivity contribution < 1.29 is 4.92 Å². The number of pyridine rings is 1. The first kappa shape index (κ1) is 14.7. The quantitative estimate of drug-likeness (QED) is 0.639. The van der Waals surface area contributed by atoms with Gasteiger partial charge in [0.05, 0.1) is 4.92 Å². The molecule has 110 valence electrons. The Morgan fingerprint density at radius 2 is 2.20 bits per heavy atom. The van der Waals surface area contributed by atoms with E-state index in [0.29, 0.717) is 18.3 Å². The number of likely N-dealkylation sites (tertiary alicyclic amines) is 1. The van der Waals surface area contributed by atoms with E-state index in [0.717, 1.165) is 12.1 Å². The molecule has 0 spiro atoms. The molecule has 1 fully saturated rings. The van der Waals surface area contributed by atoms with E-state index >= 15 is 0 Å². The van der Waals surface area contributed by atoms with Crippen LogP contribution in [0.1, 0.15) is 25.3 Å². The normalized spacial score (nSPS) is 17.1.